The smallest absolute Gasteiger partial charge is 0.292 e. The molecule has 4 heterocycles. The van der Waals surface area contributed by atoms with Crippen molar-refractivity contribution in [2.75, 3.05) is 13.1 Å². The summed E-state index contributed by atoms with van der Waals surface area (Å²) >= 11 is 0. The molecule has 41 heavy (non-hydrogen) atoms. The van der Waals surface area contributed by atoms with E-state index in [1.807, 2.05) is 0 Å². The standard InChI is InChI=1S/C27H24F4N6O3S/c1-35-15-22(14-33-35)41(39,40)36-9-7-18-11-24-17(13-34-37(24)21-4-2-20(28)3-5-21)12-26(18,16-36)25(38)23-10-19(6-8-32-23)27(29,30)31/h2-6,8,10,13-15,18H,7,9,11-12,16H2,1H3/t18-,26-/m0/s1. The number of halogens is 4. The summed E-state index contributed by atoms with van der Waals surface area (Å²) < 4.78 is 85.5. The molecule has 1 aliphatic carbocycles. The van der Waals surface area contributed by atoms with Gasteiger partial charge in [-0.05, 0) is 67.1 Å². The van der Waals surface area contributed by atoms with Crippen LogP contribution < -0.4 is 0 Å². The number of rotatable bonds is 5. The van der Waals surface area contributed by atoms with Crippen molar-refractivity contribution in [1.29, 1.82) is 0 Å². The first-order valence-electron chi connectivity index (χ1n) is 12.8. The molecule has 1 fully saturated rings. The maximum Gasteiger partial charge on any atom is 0.416 e. The van der Waals surface area contributed by atoms with Gasteiger partial charge in [-0.2, -0.15) is 27.7 Å². The van der Waals surface area contributed by atoms with Gasteiger partial charge in [0.05, 0.1) is 29.1 Å². The average Bonchev–Trinajstić information content (AvgIpc) is 3.57. The van der Waals surface area contributed by atoms with Crippen LogP contribution in [-0.2, 0) is 36.1 Å². The van der Waals surface area contributed by atoms with Crippen molar-refractivity contribution in [2.45, 2.75) is 30.3 Å². The van der Waals surface area contributed by atoms with Crippen LogP contribution in [0.15, 0.2) is 66.1 Å². The van der Waals surface area contributed by atoms with Crippen molar-refractivity contribution in [1.82, 2.24) is 28.9 Å². The Labute approximate surface area is 232 Å². The van der Waals surface area contributed by atoms with E-state index in [1.165, 1.54) is 33.5 Å². The number of aryl methyl sites for hydroxylation is 1. The Kier molecular flexibility index (Phi) is 6.37. The lowest BCUT2D eigenvalue weighted by atomic mass is 9.60. The zero-order chi connectivity index (χ0) is 29.2. The van der Waals surface area contributed by atoms with Crippen LogP contribution in [0.5, 0.6) is 0 Å². The van der Waals surface area contributed by atoms with Gasteiger partial charge in [0.15, 0.2) is 5.78 Å². The molecule has 1 aliphatic heterocycles. The fraction of sp³-hybridized carbons (Fsp3) is 0.333. The van der Waals surface area contributed by atoms with Gasteiger partial charge in [0.1, 0.15) is 16.4 Å². The molecule has 1 aromatic carbocycles. The van der Waals surface area contributed by atoms with Gasteiger partial charge in [-0.3, -0.25) is 14.5 Å². The molecule has 0 unspecified atom stereocenters. The minimum Gasteiger partial charge on any atom is -0.292 e. The third kappa shape index (κ3) is 4.64. The molecule has 2 atom stereocenters. The minimum absolute atomic E-state index is 0.0427. The van der Waals surface area contributed by atoms with E-state index in [9.17, 15) is 30.8 Å². The Hall–Kier alpha value is -3.91. The maximum absolute atomic E-state index is 14.2. The minimum atomic E-state index is -4.69. The monoisotopic (exact) mass is 588 g/mol. The molecule has 2 aliphatic rings. The highest BCUT2D eigenvalue weighted by Gasteiger charge is 2.55. The molecule has 214 valence electrons. The number of ketones is 1. The Balaban J connectivity index is 1.44. The maximum atomic E-state index is 14.2. The molecule has 0 spiro atoms. The van der Waals surface area contributed by atoms with Gasteiger partial charge in [0.2, 0.25) is 10.0 Å². The molecule has 0 bridgehead atoms. The van der Waals surface area contributed by atoms with Gasteiger partial charge in [0.25, 0.3) is 0 Å². The van der Waals surface area contributed by atoms with Crippen LogP contribution in [0, 0.1) is 17.2 Å². The van der Waals surface area contributed by atoms with Crippen LogP contribution >= 0.6 is 0 Å². The van der Waals surface area contributed by atoms with Gasteiger partial charge < -0.3 is 0 Å². The molecule has 0 N–H and O–H groups in total. The number of sulfonamides is 1. The quantitative estimate of drug-likeness (QED) is 0.259. The number of piperidine rings is 1. The normalized spacial score (nSPS) is 21.3. The highest BCUT2D eigenvalue weighted by atomic mass is 32.2. The van der Waals surface area contributed by atoms with Gasteiger partial charge >= 0.3 is 6.18 Å². The highest BCUT2D eigenvalue weighted by molar-refractivity contribution is 7.89. The number of hydrogen-bond acceptors (Lipinski definition) is 6. The van der Waals surface area contributed by atoms with Crippen molar-refractivity contribution in [3.63, 3.8) is 0 Å². The van der Waals surface area contributed by atoms with Gasteiger partial charge in [-0.1, -0.05) is 0 Å². The number of carbonyl (C=O) groups excluding carboxylic acids is 1. The highest BCUT2D eigenvalue weighted by Crippen LogP contribution is 2.48. The summed E-state index contributed by atoms with van der Waals surface area (Å²) in [5.41, 5.74) is -0.728. The van der Waals surface area contributed by atoms with Crippen molar-refractivity contribution >= 4 is 15.8 Å². The molecule has 0 amide bonds. The molecule has 4 aromatic rings. The largest absolute Gasteiger partial charge is 0.416 e. The fourth-order valence-corrected chi connectivity index (χ4v) is 7.47. The Morgan fingerprint density at radius 3 is 2.54 bits per heavy atom. The number of fused-ring (bicyclic) bond motifs is 2. The first-order valence-corrected chi connectivity index (χ1v) is 14.2. The second-order valence-electron chi connectivity index (χ2n) is 10.5. The fourth-order valence-electron chi connectivity index (χ4n) is 5.96. The van der Waals surface area contributed by atoms with E-state index in [1.54, 1.807) is 30.1 Å². The molecular formula is C27H24F4N6O3S. The Bertz CT molecular complexity index is 1750. The topological polar surface area (TPSA) is 103 Å². The molecule has 14 heteroatoms. The number of carbonyl (C=O) groups is 1. The van der Waals surface area contributed by atoms with E-state index in [4.69, 9.17) is 0 Å². The van der Waals surface area contributed by atoms with Gasteiger partial charge in [-0.25, -0.2) is 17.5 Å². The number of alkyl halides is 3. The van der Waals surface area contributed by atoms with Gasteiger partial charge in [-0.15, -0.1) is 0 Å². The summed E-state index contributed by atoms with van der Waals surface area (Å²) in [4.78, 5) is 18.2. The van der Waals surface area contributed by atoms with Crippen molar-refractivity contribution in [3.8, 4) is 5.69 Å². The molecule has 9 nitrogen and oxygen atoms in total. The van der Waals surface area contributed by atoms with Crippen LogP contribution in [0.3, 0.4) is 0 Å². The number of Topliss-reactive ketones (excluding diaryl/α,β-unsaturated/α-hetero) is 1. The molecule has 6 rings (SSSR count). The van der Waals surface area contributed by atoms with Crippen molar-refractivity contribution in [3.05, 3.63) is 89.5 Å². The summed E-state index contributed by atoms with van der Waals surface area (Å²) in [5.74, 6) is -1.48. The second kappa shape index (κ2) is 9.58. The van der Waals surface area contributed by atoms with Crippen LogP contribution in [0.1, 0.15) is 33.7 Å². The van der Waals surface area contributed by atoms with Crippen LogP contribution in [-0.4, -0.2) is 56.1 Å². The van der Waals surface area contributed by atoms with Crippen LogP contribution in [0.4, 0.5) is 17.6 Å². The molecule has 3 aromatic heterocycles. The van der Waals surface area contributed by atoms with E-state index >= 15 is 0 Å². The summed E-state index contributed by atoms with van der Waals surface area (Å²) in [6, 6.07) is 7.27. The molecule has 0 saturated carbocycles. The van der Waals surface area contributed by atoms with Crippen LogP contribution in [0.25, 0.3) is 5.69 Å². The third-order valence-corrected chi connectivity index (χ3v) is 9.83. The van der Waals surface area contributed by atoms with E-state index < -0.39 is 44.7 Å². The molecule has 1 saturated heterocycles. The second-order valence-corrected chi connectivity index (χ2v) is 12.4. The molecular weight excluding hydrogens is 564 g/mol. The van der Waals surface area contributed by atoms with Gasteiger partial charge in [0, 0.05) is 38.2 Å². The zero-order valence-corrected chi connectivity index (χ0v) is 22.5. The summed E-state index contributed by atoms with van der Waals surface area (Å²) in [7, 11) is -2.47. The first kappa shape index (κ1) is 27.3. The third-order valence-electron chi connectivity index (χ3n) is 8.03. The summed E-state index contributed by atoms with van der Waals surface area (Å²) in [5, 5.41) is 8.41. The number of aromatic nitrogens is 5. The van der Waals surface area contributed by atoms with E-state index in [2.05, 4.69) is 15.2 Å². The first-order chi connectivity index (χ1) is 19.4. The Morgan fingerprint density at radius 1 is 1.10 bits per heavy atom. The Morgan fingerprint density at radius 2 is 1.85 bits per heavy atom. The average molecular weight is 589 g/mol. The lowest BCUT2D eigenvalue weighted by molar-refractivity contribution is -0.137. The summed E-state index contributed by atoms with van der Waals surface area (Å²) in [6.45, 7) is -0.139. The number of benzene rings is 1. The van der Waals surface area contributed by atoms with E-state index in [0.29, 0.717) is 17.7 Å². The van der Waals surface area contributed by atoms with Crippen LogP contribution in [0.2, 0.25) is 0 Å². The van der Waals surface area contributed by atoms with Crippen molar-refractivity contribution < 1.29 is 30.8 Å². The molecule has 0 radical (unpaired) electrons. The van der Waals surface area contributed by atoms with E-state index in [0.717, 1.165) is 24.0 Å². The predicted molar refractivity (Wildman–Crippen MR) is 137 cm³/mol. The lowest BCUT2D eigenvalue weighted by Gasteiger charge is -2.49. The lowest BCUT2D eigenvalue weighted by Crippen LogP contribution is -2.57. The van der Waals surface area contributed by atoms with Crippen molar-refractivity contribution in [2.24, 2.45) is 18.4 Å². The number of nitrogens with zero attached hydrogens (tertiary/aromatic N) is 6. The van der Waals surface area contributed by atoms with E-state index in [-0.39, 0.29) is 36.5 Å². The number of hydrogen-bond donors (Lipinski definition) is 0. The number of pyridine rings is 1. The summed E-state index contributed by atoms with van der Waals surface area (Å²) in [6.07, 6.45) is 1.03. The predicted octanol–water partition coefficient (Wildman–Crippen LogP) is 3.84. The SMILES string of the molecule is Cn1cc(S(=O)(=O)N2CC[C@H]3Cc4c(cnn4-c4ccc(F)cc4)C[C@]3(C(=O)c3cc(C(F)(F)F)ccn3)C2)cn1. The zero-order valence-electron chi connectivity index (χ0n) is 21.7.